The van der Waals surface area contributed by atoms with Gasteiger partial charge in [0.1, 0.15) is 11.3 Å². The summed E-state index contributed by atoms with van der Waals surface area (Å²) < 4.78 is 41.7. The highest BCUT2D eigenvalue weighted by Crippen LogP contribution is 2.39. The molecule has 3 rings (SSSR count). The summed E-state index contributed by atoms with van der Waals surface area (Å²) in [5, 5.41) is 0. The number of nitrogens with zero attached hydrogens (tertiary/aromatic N) is 2. The smallest absolute Gasteiger partial charge is 0.387 e. The molecule has 1 atom stereocenters. The van der Waals surface area contributed by atoms with E-state index in [1.165, 1.54) is 12.1 Å². The van der Waals surface area contributed by atoms with Gasteiger partial charge in [0.15, 0.2) is 5.96 Å². The summed E-state index contributed by atoms with van der Waals surface area (Å²) >= 11 is 0. The number of aliphatic imine (C=N–C) groups is 1. The van der Waals surface area contributed by atoms with Gasteiger partial charge in [-0.15, -0.1) is 0 Å². The zero-order valence-electron chi connectivity index (χ0n) is 16.5. The lowest BCUT2D eigenvalue weighted by Gasteiger charge is -2.28. The summed E-state index contributed by atoms with van der Waals surface area (Å²) in [7, 11) is 1.87. The normalized spacial score (nSPS) is 18.9. The van der Waals surface area contributed by atoms with E-state index in [0.717, 1.165) is 36.0 Å². The first kappa shape index (κ1) is 21.0. The maximum atomic E-state index is 12.5. The van der Waals surface area contributed by atoms with Crippen molar-refractivity contribution in [2.45, 2.75) is 37.8 Å². The molecule has 0 amide bonds. The number of alkyl halides is 3. The van der Waals surface area contributed by atoms with Crippen molar-refractivity contribution in [3.05, 3.63) is 65.2 Å². The second kappa shape index (κ2) is 9.20. The maximum absolute atomic E-state index is 12.5. The number of ether oxygens (including phenoxy) is 1. The number of benzene rings is 2. The minimum absolute atomic E-state index is 0.101. The number of unbranched alkanes of at least 4 members (excludes halogenated alkanes) is 2. The molecule has 2 N–H and O–H groups in total. The Morgan fingerprint density at radius 3 is 2.48 bits per heavy atom. The largest absolute Gasteiger partial charge is 0.435 e. The van der Waals surface area contributed by atoms with Crippen LogP contribution >= 0.6 is 0 Å². The van der Waals surface area contributed by atoms with E-state index in [-0.39, 0.29) is 12.4 Å². The van der Waals surface area contributed by atoms with Gasteiger partial charge in [-0.3, -0.25) is 4.39 Å². The summed E-state index contributed by atoms with van der Waals surface area (Å²) in [6.45, 7) is -2.61. The number of hydrogen-bond acceptors (Lipinski definition) is 4. The molecule has 0 spiro atoms. The Labute approximate surface area is 169 Å². The topological polar surface area (TPSA) is 50.8 Å². The molecule has 0 bridgehead atoms. The van der Waals surface area contributed by atoms with Crippen LogP contribution in [-0.4, -0.2) is 37.7 Å². The van der Waals surface area contributed by atoms with Crippen molar-refractivity contribution in [3.63, 3.8) is 0 Å². The van der Waals surface area contributed by atoms with Crippen LogP contribution in [0.2, 0.25) is 0 Å². The fourth-order valence-corrected chi connectivity index (χ4v) is 3.72. The molecule has 0 radical (unpaired) electrons. The maximum Gasteiger partial charge on any atom is 0.387 e. The van der Waals surface area contributed by atoms with E-state index in [2.05, 4.69) is 16.9 Å². The second-order valence-corrected chi connectivity index (χ2v) is 7.29. The number of hydrogen-bond donors (Lipinski definition) is 1. The molecule has 0 saturated heterocycles. The Bertz CT molecular complexity index is 841. The number of halogens is 3. The highest BCUT2D eigenvalue weighted by molar-refractivity contribution is 5.81. The molecule has 156 valence electrons. The number of aryl methyl sites for hydroxylation is 1. The lowest BCUT2D eigenvalue weighted by Crippen LogP contribution is -2.34. The highest BCUT2D eigenvalue weighted by atomic mass is 19.3. The number of guanidine groups is 1. The van der Waals surface area contributed by atoms with Crippen LogP contribution in [-0.2, 0) is 12.0 Å². The minimum atomic E-state index is -2.87. The van der Waals surface area contributed by atoms with Crippen molar-refractivity contribution in [2.75, 3.05) is 20.3 Å². The Kier molecular flexibility index (Phi) is 6.67. The zero-order valence-corrected chi connectivity index (χ0v) is 16.5. The molecular weight excluding hydrogens is 379 g/mol. The Hall–Kier alpha value is -2.70. The Balaban J connectivity index is 1.92. The Morgan fingerprint density at radius 1 is 1.10 bits per heavy atom. The lowest BCUT2D eigenvalue weighted by atomic mass is 9.82. The summed E-state index contributed by atoms with van der Waals surface area (Å²) in [6, 6.07) is 14.7. The van der Waals surface area contributed by atoms with E-state index < -0.39 is 12.2 Å². The first-order valence-electron chi connectivity index (χ1n) is 9.72. The molecule has 2 aromatic carbocycles. The van der Waals surface area contributed by atoms with Crippen LogP contribution in [0.3, 0.4) is 0 Å². The van der Waals surface area contributed by atoms with Gasteiger partial charge in [-0.25, -0.2) is 4.99 Å². The molecule has 1 heterocycles. The van der Waals surface area contributed by atoms with Crippen LogP contribution in [0.25, 0.3) is 0 Å². The standard InChI is InChI=1S/C22H26F3N3O/c1-28-15-22(27-21(28)26,17-9-11-19(12-10-17)29-20(24)25)18-8-5-7-16(14-18)6-3-2-4-13-23/h5,7-12,14,20H,2-4,6,13,15H2,1H3,(H2,26,27). The fraction of sp³-hybridized carbons (Fsp3) is 0.409. The second-order valence-electron chi connectivity index (χ2n) is 7.29. The third kappa shape index (κ3) is 4.83. The molecule has 0 saturated carbocycles. The number of rotatable bonds is 9. The molecule has 2 aromatic rings. The third-order valence-corrected chi connectivity index (χ3v) is 5.22. The van der Waals surface area contributed by atoms with Crippen LogP contribution in [0.4, 0.5) is 13.2 Å². The van der Waals surface area contributed by atoms with Gasteiger partial charge in [-0.2, -0.15) is 8.78 Å². The van der Waals surface area contributed by atoms with Gasteiger partial charge in [0.2, 0.25) is 0 Å². The van der Waals surface area contributed by atoms with Gasteiger partial charge in [0.25, 0.3) is 0 Å². The van der Waals surface area contributed by atoms with E-state index in [9.17, 15) is 13.2 Å². The average Bonchev–Trinajstić information content (AvgIpc) is 3.01. The van der Waals surface area contributed by atoms with Crippen molar-refractivity contribution in [1.82, 2.24) is 4.90 Å². The van der Waals surface area contributed by atoms with E-state index in [4.69, 9.17) is 10.7 Å². The van der Waals surface area contributed by atoms with Crippen molar-refractivity contribution in [2.24, 2.45) is 10.7 Å². The van der Waals surface area contributed by atoms with E-state index in [0.29, 0.717) is 18.9 Å². The molecule has 4 nitrogen and oxygen atoms in total. The van der Waals surface area contributed by atoms with Crippen LogP contribution in [0, 0.1) is 0 Å². The monoisotopic (exact) mass is 405 g/mol. The molecule has 1 aliphatic heterocycles. The number of nitrogens with two attached hydrogens (primary N) is 1. The Morgan fingerprint density at radius 2 is 1.86 bits per heavy atom. The minimum Gasteiger partial charge on any atom is -0.435 e. The van der Waals surface area contributed by atoms with Gasteiger partial charge in [-0.1, -0.05) is 42.8 Å². The summed E-state index contributed by atoms with van der Waals surface area (Å²) in [5.41, 5.74) is 8.35. The molecule has 1 unspecified atom stereocenters. The van der Waals surface area contributed by atoms with Gasteiger partial charge in [0.05, 0.1) is 13.2 Å². The van der Waals surface area contributed by atoms with Gasteiger partial charge in [0, 0.05) is 7.05 Å². The zero-order chi connectivity index (χ0) is 20.9. The van der Waals surface area contributed by atoms with E-state index in [1.54, 1.807) is 12.1 Å². The number of likely N-dealkylation sites (N-methyl/N-ethyl adjacent to an activating group) is 1. The first-order valence-corrected chi connectivity index (χ1v) is 9.72. The van der Waals surface area contributed by atoms with Crippen LogP contribution < -0.4 is 10.5 Å². The molecule has 0 fully saturated rings. The summed E-state index contributed by atoms with van der Waals surface area (Å²) in [5.74, 6) is 0.523. The van der Waals surface area contributed by atoms with Gasteiger partial charge < -0.3 is 15.4 Å². The summed E-state index contributed by atoms with van der Waals surface area (Å²) in [4.78, 5) is 6.64. The van der Waals surface area contributed by atoms with E-state index in [1.807, 2.05) is 24.1 Å². The molecule has 0 aliphatic carbocycles. The van der Waals surface area contributed by atoms with E-state index >= 15 is 0 Å². The molecule has 7 heteroatoms. The SMILES string of the molecule is CN1CC(c2ccc(OC(F)F)cc2)(c2cccc(CCCCCF)c2)N=C1N. The predicted molar refractivity (Wildman–Crippen MR) is 108 cm³/mol. The van der Waals surface area contributed by atoms with Crippen LogP contribution in [0.5, 0.6) is 5.75 Å². The summed E-state index contributed by atoms with van der Waals surface area (Å²) in [6.07, 6.45) is 3.22. The van der Waals surface area contributed by atoms with Crippen molar-refractivity contribution >= 4 is 5.96 Å². The van der Waals surface area contributed by atoms with Gasteiger partial charge in [-0.05, 0) is 48.1 Å². The van der Waals surface area contributed by atoms with Crippen molar-refractivity contribution in [1.29, 1.82) is 0 Å². The fourth-order valence-electron chi connectivity index (χ4n) is 3.72. The quantitative estimate of drug-likeness (QED) is 0.626. The first-order chi connectivity index (χ1) is 13.9. The highest BCUT2D eigenvalue weighted by Gasteiger charge is 2.40. The van der Waals surface area contributed by atoms with Crippen molar-refractivity contribution in [3.8, 4) is 5.75 Å². The predicted octanol–water partition coefficient (Wildman–Crippen LogP) is 4.47. The van der Waals surface area contributed by atoms with Crippen LogP contribution in [0.15, 0.2) is 53.5 Å². The van der Waals surface area contributed by atoms with Gasteiger partial charge >= 0.3 is 6.61 Å². The molecule has 1 aliphatic rings. The lowest BCUT2D eigenvalue weighted by molar-refractivity contribution is -0.0498. The molecular formula is C22H26F3N3O. The third-order valence-electron chi connectivity index (χ3n) is 5.22. The van der Waals surface area contributed by atoms with Crippen molar-refractivity contribution < 1.29 is 17.9 Å². The molecule has 0 aromatic heterocycles. The van der Waals surface area contributed by atoms with Crippen LogP contribution in [0.1, 0.15) is 36.0 Å². The molecule has 29 heavy (non-hydrogen) atoms. The average molecular weight is 405 g/mol.